The molecule has 0 N–H and O–H groups in total. The molecule has 2 nitrogen and oxygen atoms in total. The van der Waals surface area contributed by atoms with Gasteiger partial charge in [-0.25, -0.2) is 0 Å². The molecule has 2 aromatic carbocycles. The first kappa shape index (κ1) is 27.4. The number of unbranched alkanes of at least 4 members (excludes halogenated alkanes) is 1. The second-order valence-electron chi connectivity index (χ2n) is 10.2. The van der Waals surface area contributed by atoms with Crippen LogP contribution in [0.25, 0.3) is 20.5 Å². The number of ether oxygens (including phenoxy) is 1. The van der Waals surface area contributed by atoms with E-state index in [1.54, 1.807) is 0 Å². The van der Waals surface area contributed by atoms with Crippen molar-refractivity contribution < 1.29 is 9.16 Å². The summed E-state index contributed by atoms with van der Waals surface area (Å²) in [5, 5.41) is 1.63. The van der Waals surface area contributed by atoms with Gasteiger partial charge in [0.1, 0.15) is 5.75 Å². The van der Waals surface area contributed by atoms with Gasteiger partial charge in [-0.3, -0.25) is 0 Å². The van der Waals surface area contributed by atoms with Crippen LogP contribution in [0.4, 0.5) is 0 Å². The lowest BCUT2D eigenvalue weighted by atomic mass is 10.1. The first-order valence-corrected chi connectivity index (χ1v) is 16.1. The molecule has 0 amide bonds. The van der Waals surface area contributed by atoms with E-state index in [0.717, 1.165) is 44.5 Å². The topological polar surface area (TPSA) is 18.5 Å². The Morgan fingerprint density at radius 1 is 0.886 bits per heavy atom. The Kier molecular flexibility index (Phi) is 10.8. The van der Waals surface area contributed by atoms with Crippen molar-refractivity contribution in [3.05, 3.63) is 78.4 Å². The first-order valence-electron chi connectivity index (χ1n) is 13.0. The Labute approximate surface area is 218 Å². The fraction of sp³-hybridized carbons (Fsp3) is 0.419. The third-order valence-electron chi connectivity index (χ3n) is 6.40. The minimum absolute atomic E-state index is 0.353. The van der Waals surface area contributed by atoms with Crippen LogP contribution in [0, 0.1) is 0 Å². The highest BCUT2D eigenvalue weighted by molar-refractivity contribution is 7.22. The van der Waals surface area contributed by atoms with Crippen molar-refractivity contribution in [2.45, 2.75) is 71.4 Å². The fourth-order valence-electron chi connectivity index (χ4n) is 3.61. The molecule has 1 unspecified atom stereocenters. The van der Waals surface area contributed by atoms with Gasteiger partial charge in [-0.15, -0.1) is 11.3 Å². The molecule has 0 saturated carbocycles. The molecule has 0 aliphatic heterocycles. The summed E-state index contributed by atoms with van der Waals surface area (Å²) in [5.41, 5.74) is 2.67. The number of fused-ring (bicyclic) bond motifs is 1. The average molecular weight is 507 g/mol. The number of aryl methyl sites for hydroxylation is 1. The predicted octanol–water partition coefficient (Wildman–Crippen LogP) is 9.35. The maximum Gasteiger partial charge on any atom is 0.179 e. The molecule has 3 aromatic rings. The van der Waals surface area contributed by atoms with Crippen LogP contribution in [0.1, 0.15) is 58.9 Å². The van der Waals surface area contributed by atoms with Gasteiger partial charge in [-0.2, -0.15) is 0 Å². The number of rotatable bonds is 13. The smallest absolute Gasteiger partial charge is 0.179 e. The van der Waals surface area contributed by atoms with Crippen molar-refractivity contribution in [2.24, 2.45) is 0 Å². The van der Waals surface area contributed by atoms with E-state index in [0.29, 0.717) is 11.6 Å². The van der Waals surface area contributed by atoms with Gasteiger partial charge in [-0.05, 0) is 84.5 Å². The highest BCUT2D eigenvalue weighted by Crippen LogP contribution is 2.35. The van der Waals surface area contributed by atoms with Crippen molar-refractivity contribution in [1.29, 1.82) is 0 Å². The van der Waals surface area contributed by atoms with Gasteiger partial charge in [0.15, 0.2) is 9.04 Å². The van der Waals surface area contributed by atoms with Crippen LogP contribution >= 0.6 is 11.3 Å². The summed E-state index contributed by atoms with van der Waals surface area (Å²) in [5.74, 6) is 0.951. The van der Waals surface area contributed by atoms with Crippen LogP contribution in [-0.4, -0.2) is 22.3 Å². The van der Waals surface area contributed by atoms with Gasteiger partial charge in [0.05, 0.1) is 6.61 Å². The Bertz CT molecular complexity index is 1090. The molecule has 0 saturated heterocycles. The maximum absolute atomic E-state index is 6.05. The Morgan fingerprint density at radius 2 is 1.63 bits per heavy atom. The number of hydrogen-bond acceptors (Lipinski definition) is 3. The van der Waals surface area contributed by atoms with Crippen molar-refractivity contribution >= 4 is 30.5 Å². The lowest BCUT2D eigenvalue weighted by Gasteiger charge is -2.25. The summed E-state index contributed by atoms with van der Waals surface area (Å²) < 4.78 is 13.3. The van der Waals surface area contributed by atoms with Gasteiger partial charge in [0.2, 0.25) is 0 Å². The van der Waals surface area contributed by atoms with Crippen LogP contribution in [0.2, 0.25) is 11.6 Å². The normalized spacial score (nSPS) is 13.3. The van der Waals surface area contributed by atoms with E-state index < -0.39 is 9.04 Å². The van der Waals surface area contributed by atoms with Crippen molar-refractivity contribution in [2.75, 3.05) is 13.2 Å². The highest BCUT2D eigenvalue weighted by Gasteiger charge is 2.22. The molecule has 35 heavy (non-hydrogen) atoms. The SMILES string of the molecule is CCc1ccc(-c2cc3ccc(OCC/C=C/C/C=C/CCCO[SiH](C)C(C)(C)C)cc3s2)cc1. The quantitative estimate of drug-likeness (QED) is 0.131. The number of hydrogen-bond donors (Lipinski definition) is 0. The molecule has 1 heterocycles. The van der Waals surface area contributed by atoms with E-state index >= 15 is 0 Å². The molecule has 3 rings (SSSR count). The number of allylic oxidation sites excluding steroid dienone is 3. The van der Waals surface area contributed by atoms with Crippen molar-refractivity contribution in [3.8, 4) is 16.2 Å². The van der Waals surface area contributed by atoms with Crippen LogP contribution in [0.5, 0.6) is 5.75 Å². The maximum atomic E-state index is 6.05. The molecule has 0 fully saturated rings. The highest BCUT2D eigenvalue weighted by atomic mass is 32.1. The molecular weight excluding hydrogens is 464 g/mol. The molecule has 0 spiro atoms. The monoisotopic (exact) mass is 506 g/mol. The van der Waals surface area contributed by atoms with E-state index in [1.165, 1.54) is 26.1 Å². The van der Waals surface area contributed by atoms with E-state index in [4.69, 9.17) is 9.16 Å². The molecule has 0 radical (unpaired) electrons. The second kappa shape index (κ2) is 13.8. The van der Waals surface area contributed by atoms with Crippen LogP contribution in [0.15, 0.2) is 72.8 Å². The van der Waals surface area contributed by atoms with Gasteiger partial charge in [0.25, 0.3) is 0 Å². The zero-order valence-corrected chi connectivity index (χ0v) is 24.2. The van der Waals surface area contributed by atoms with E-state index in [9.17, 15) is 0 Å². The zero-order chi connectivity index (χ0) is 25.1. The van der Waals surface area contributed by atoms with Gasteiger partial charge in [-0.1, -0.05) is 76.3 Å². The molecule has 1 aromatic heterocycles. The Balaban J connectivity index is 1.34. The zero-order valence-electron chi connectivity index (χ0n) is 22.2. The number of benzene rings is 2. The third-order valence-corrected chi connectivity index (χ3v) is 10.7. The van der Waals surface area contributed by atoms with Crippen LogP contribution in [0.3, 0.4) is 0 Å². The van der Waals surface area contributed by atoms with E-state index in [2.05, 4.69) is 107 Å². The van der Waals surface area contributed by atoms with Crippen LogP contribution in [-0.2, 0) is 10.8 Å². The molecule has 0 aliphatic rings. The fourth-order valence-corrected chi connectivity index (χ4v) is 5.73. The van der Waals surface area contributed by atoms with Gasteiger partial charge in [0, 0.05) is 16.2 Å². The summed E-state index contributed by atoms with van der Waals surface area (Å²) in [6, 6.07) is 17.6. The number of thiophene rings is 1. The third kappa shape index (κ3) is 9.10. The molecule has 0 bridgehead atoms. The standard InChI is InChI=1S/C31H42O2SSi/c1-6-25-15-17-26(18-16-25)29-23-27-19-20-28(24-30(27)34-29)32-21-13-11-9-7-8-10-12-14-22-33-35(5)31(2,3)4/h8-11,15-20,23-24,35H,6-7,12-14,21-22H2,1-5H3/b10-8+,11-9+. The Morgan fingerprint density at radius 3 is 2.34 bits per heavy atom. The second-order valence-corrected chi connectivity index (χ2v) is 14.6. The van der Waals surface area contributed by atoms with Crippen molar-refractivity contribution in [3.63, 3.8) is 0 Å². The minimum atomic E-state index is -1.07. The van der Waals surface area contributed by atoms with Gasteiger partial charge >= 0.3 is 0 Å². The summed E-state index contributed by atoms with van der Waals surface area (Å²) in [6.07, 6.45) is 14.2. The van der Waals surface area contributed by atoms with Crippen LogP contribution < -0.4 is 4.74 Å². The lowest BCUT2D eigenvalue weighted by Crippen LogP contribution is -2.26. The summed E-state index contributed by atoms with van der Waals surface area (Å²) in [7, 11) is -1.07. The molecule has 0 aliphatic carbocycles. The first-order chi connectivity index (χ1) is 16.9. The molecule has 1 atom stereocenters. The molecular formula is C31H42O2SSi. The summed E-state index contributed by atoms with van der Waals surface area (Å²) >= 11 is 1.83. The predicted molar refractivity (Wildman–Crippen MR) is 158 cm³/mol. The largest absolute Gasteiger partial charge is 0.493 e. The Hall–Kier alpha value is -2.14. The van der Waals surface area contributed by atoms with Gasteiger partial charge < -0.3 is 9.16 Å². The minimum Gasteiger partial charge on any atom is -0.493 e. The summed E-state index contributed by atoms with van der Waals surface area (Å²) in [4.78, 5) is 1.31. The van der Waals surface area contributed by atoms with E-state index in [1.807, 2.05) is 11.3 Å². The summed E-state index contributed by atoms with van der Waals surface area (Å²) in [6.45, 7) is 12.9. The average Bonchev–Trinajstić information content (AvgIpc) is 3.27. The lowest BCUT2D eigenvalue weighted by molar-refractivity contribution is 0.300. The van der Waals surface area contributed by atoms with Crippen molar-refractivity contribution in [1.82, 2.24) is 0 Å². The van der Waals surface area contributed by atoms with E-state index in [-0.39, 0.29) is 0 Å². The molecule has 188 valence electrons. The molecule has 4 heteroatoms.